The van der Waals surface area contributed by atoms with Crippen LogP contribution in [-0.2, 0) is 28.7 Å². The Labute approximate surface area is 205 Å². The van der Waals surface area contributed by atoms with E-state index in [2.05, 4.69) is 20.7 Å². The van der Waals surface area contributed by atoms with Gasteiger partial charge in [-0.1, -0.05) is 18.2 Å². The Morgan fingerprint density at radius 3 is 2.50 bits per heavy atom. The second-order valence-electron chi connectivity index (χ2n) is 7.15. The van der Waals surface area contributed by atoms with E-state index in [9.17, 15) is 12.8 Å². The van der Waals surface area contributed by atoms with Crippen LogP contribution in [0, 0.1) is 5.82 Å². The SMILES string of the molecule is CCNC(=NCc1ccc(-n2cccn2)cc1)NCc1cc(F)ccc1CS(C)(=O)=O.I. The molecule has 3 rings (SSSR count). The number of nitrogens with zero attached hydrogens (tertiary/aromatic N) is 3. The highest BCUT2D eigenvalue weighted by atomic mass is 127. The summed E-state index contributed by atoms with van der Waals surface area (Å²) >= 11 is 0. The molecule has 172 valence electrons. The molecule has 0 atom stereocenters. The third kappa shape index (κ3) is 7.90. The number of benzene rings is 2. The molecule has 0 amide bonds. The van der Waals surface area contributed by atoms with Crippen molar-refractivity contribution < 1.29 is 12.8 Å². The zero-order valence-corrected chi connectivity index (χ0v) is 21.1. The zero-order valence-electron chi connectivity index (χ0n) is 18.0. The molecule has 0 aliphatic heterocycles. The van der Waals surface area contributed by atoms with Gasteiger partial charge in [-0.25, -0.2) is 22.5 Å². The van der Waals surface area contributed by atoms with Crippen LogP contribution in [0.15, 0.2) is 65.9 Å². The minimum Gasteiger partial charge on any atom is -0.357 e. The fourth-order valence-corrected chi connectivity index (χ4v) is 3.90. The van der Waals surface area contributed by atoms with Crippen LogP contribution in [0.1, 0.15) is 23.6 Å². The van der Waals surface area contributed by atoms with Crippen molar-refractivity contribution in [2.24, 2.45) is 4.99 Å². The Hall–Kier alpha value is -2.47. The molecule has 32 heavy (non-hydrogen) atoms. The molecule has 0 bridgehead atoms. The molecule has 0 saturated heterocycles. The van der Waals surface area contributed by atoms with Crippen molar-refractivity contribution in [3.05, 3.63) is 83.4 Å². The van der Waals surface area contributed by atoms with Gasteiger partial charge in [0.05, 0.1) is 18.0 Å². The Bertz CT molecular complexity index is 1130. The summed E-state index contributed by atoms with van der Waals surface area (Å²) < 4.78 is 38.9. The van der Waals surface area contributed by atoms with E-state index in [4.69, 9.17) is 0 Å². The molecule has 0 fully saturated rings. The molecule has 10 heteroatoms. The number of rotatable bonds is 8. The summed E-state index contributed by atoms with van der Waals surface area (Å²) in [6.07, 6.45) is 4.77. The molecule has 1 heterocycles. The van der Waals surface area contributed by atoms with Crippen LogP contribution in [0.4, 0.5) is 4.39 Å². The molecule has 0 aliphatic carbocycles. The van der Waals surface area contributed by atoms with Crippen molar-refractivity contribution in [2.75, 3.05) is 12.8 Å². The summed E-state index contributed by atoms with van der Waals surface area (Å²) in [6.45, 7) is 3.32. The number of guanidine groups is 1. The molecule has 3 aromatic rings. The number of halogens is 2. The summed E-state index contributed by atoms with van der Waals surface area (Å²) in [5.41, 5.74) is 3.14. The molecule has 7 nitrogen and oxygen atoms in total. The summed E-state index contributed by atoms with van der Waals surface area (Å²) in [6, 6.07) is 13.9. The third-order valence-corrected chi connectivity index (χ3v) is 5.34. The van der Waals surface area contributed by atoms with E-state index in [1.54, 1.807) is 10.9 Å². The fourth-order valence-electron chi connectivity index (χ4n) is 3.05. The van der Waals surface area contributed by atoms with Gasteiger partial charge in [-0.2, -0.15) is 5.10 Å². The Kier molecular flexibility index (Phi) is 9.63. The van der Waals surface area contributed by atoms with E-state index in [0.717, 1.165) is 17.5 Å². The molecule has 2 aromatic carbocycles. The van der Waals surface area contributed by atoms with Gasteiger partial charge in [0, 0.05) is 31.7 Å². The van der Waals surface area contributed by atoms with Crippen molar-refractivity contribution in [3.8, 4) is 5.69 Å². The number of hydrogen-bond donors (Lipinski definition) is 2. The average molecular weight is 571 g/mol. The van der Waals surface area contributed by atoms with Crippen LogP contribution in [0.3, 0.4) is 0 Å². The lowest BCUT2D eigenvalue weighted by Crippen LogP contribution is -2.37. The van der Waals surface area contributed by atoms with Gasteiger partial charge in [-0.05, 0) is 53.9 Å². The maximum atomic E-state index is 13.7. The maximum absolute atomic E-state index is 13.7. The lowest BCUT2D eigenvalue weighted by atomic mass is 10.1. The minimum atomic E-state index is -3.23. The lowest BCUT2D eigenvalue weighted by Gasteiger charge is -2.14. The molecule has 2 N–H and O–H groups in total. The highest BCUT2D eigenvalue weighted by molar-refractivity contribution is 14.0. The predicted octanol–water partition coefficient (Wildman–Crippen LogP) is 3.43. The van der Waals surface area contributed by atoms with E-state index < -0.39 is 15.7 Å². The summed E-state index contributed by atoms with van der Waals surface area (Å²) in [7, 11) is -3.23. The average Bonchev–Trinajstić information content (AvgIpc) is 3.26. The largest absolute Gasteiger partial charge is 0.357 e. The monoisotopic (exact) mass is 571 g/mol. The molecule has 0 spiro atoms. The molecule has 1 aromatic heterocycles. The van der Waals surface area contributed by atoms with Gasteiger partial charge < -0.3 is 10.6 Å². The van der Waals surface area contributed by atoms with E-state index >= 15 is 0 Å². The van der Waals surface area contributed by atoms with Crippen molar-refractivity contribution in [1.29, 1.82) is 0 Å². The van der Waals surface area contributed by atoms with Gasteiger partial charge in [0.2, 0.25) is 0 Å². The number of nitrogens with one attached hydrogen (secondary N) is 2. The quantitative estimate of drug-likeness (QED) is 0.246. The number of aromatic nitrogens is 2. The smallest absolute Gasteiger partial charge is 0.191 e. The van der Waals surface area contributed by atoms with E-state index in [0.29, 0.717) is 30.2 Å². The standard InChI is InChI=1S/C22H26FN5O2S.HI/c1-3-24-22(25-14-17-5-9-21(10-6-17)28-12-4-11-27-28)26-15-19-13-20(23)8-7-18(19)16-31(2,29)30;/h4-13H,3,14-16H2,1-2H3,(H2,24,25,26);1H. The molecule has 0 saturated carbocycles. The van der Waals surface area contributed by atoms with Crippen molar-refractivity contribution in [1.82, 2.24) is 20.4 Å². The third-order valence-electron chi connectivity index (χ3n) is 4.50. The van der Waals surface area contributed by atoms with E-state index in [1.807, 2.05) is 43.5 Å². The molecular formula is C22H27FIN5O2S. The van der Waals surface area contributed by atoms with Crippen molar-refractivity contribution in [3.63, 3.8) is 0 Å². The van der Waals surface area contributed by atoms with Gasteiger partial charge >= 0.3 is 0 Å². The first-order valence-corrected chi connectivity index (χ1v) is 12.0. The summed E-state index contributed by atoms with van der Waals surface area (Å²) in [5.74, 6) is 0.0158. The van der Waals surface area contributed by atoms with Gasteiger partial charge in [0.25, 0.3) is 0 Å². The highest BCUT2D eigenvalue weighted by Gasteiger charge is 2.11. The Morgan fingerprint density at radius 1 is 1.12 bits per heavy atom. The summed E-state index contributed by atoms with van der Waals surface area (Å²) in [4.78, 5) is 4.58. The van der Waals surface area contributed by atoms with Crippen LogP contribution in [0.5, 0.6) is 0 Å². The van der Waals surface area contributed by atoms with Crippen molar-refractivity contribution in [2.45, 2.75) is 25.8 Å². The minimum absolute atomic E-state index is 0. The first-order valence-electron chi connectivity index (χ1n) is 9.90. The predicted molar refractivity (Wildman–Crippen MR) is 136 cm³/mol. The normalized spacial score (nSPS) is 11.7. The van der Waals surface area contributed by atoms with Gasteiger partial charge in [-0.15, -0.1) is 24.0 Å². The maximum Gasteiger partial charge on any atom is 0.191 e. The molecule has 0 radical (unpaired) electrons. The first kappa shape index (κ1) is 25.8. The van der Waals surface area contributed by atoms with Gasteiger partial charge in [-0.3, -0.25) is 0 Å². The van der Waals surface area contributed by atoms with E-state index in [1.165, 1.54) is 18.2 Å². The summed E-state index contributed by atoms with van der Waals surface area (Å²) in [5, 5.41) is 10.5. The zero-order chi connectivity index (χ0) is 22.3. The second-order valence-corrected chi connectivity index (χ2v) is 9.29. The van der Waals surface area contributed by atoms with Gasteiger partial charge in [0.1, 0.15) is 5.82 Å². The van der Waals surface area contributed by atoms with Crippen LogP contribution in [0.2, 0.25) is 0 Å². The van der Waals surface area contributed by atoms with Crippen LogP contribution >= 0.6 is 24.0 Å². The number of aliphatic imine (C=N–C) groups is 1. The topological polar surface area (TPSA) is 88.4 Å². The molecule has 0 unspecified atom stereocenters. The molecular weight excluding hydrogens is 544 g/mol. The second kappa shape index (κ2) is 12.0. The first-order chi connectivity index (χ1) is 14.8. The lowest BCUT2D eigenvalue weighted by molar-refractivity contribution is 0.599. The Balaban J connectivity index is 0.00000363. The Morgan fingerprint density at radius 2 is 1.88 bits per heavy atom. The highest BCUT2D eigenvalue weighted by Crippen LogP contribution is 2.15. The van der Waals surface area contributed by atoms with E-state index in [-0.39, 0.29) is 36.3 Å². The van der Waals surface area contributed by atoms with Crippen molar-refractivity contribution >= 4 is 39.8 Å². The molecule has 0 aliphatic rings. The van der Waals surface area contributed by atoms with Crippen LogP contribution in [-0.4, -0.2) is 37.0 Å². The number of sulfone groups is 1. The fraction of sp³-hybridized carbons (Fsp3) is 0.273. The van der Waals surface area contributed by atoms with Gasteiger partial charge in [0.15, 0.2) is 15.8 Å². The van der Waals surface area contributed by atoms with Crippen LogP contribution in [0.25, 0.3) is 5.69 Å². The number of hydrogen-bond acceptors (Lipinski definition) is 4. The van der Waals surface area contributed by atoms with Crippen LogP contribution < -0.4 is 10.6 Å².